The molecule has 0 radical (unpaired) electrons. The van der Waals surface area contributed by atoms with E-state index in [-0.39, 0.29) is 5.91 Å². The summed E-state index contributed by atoms with van der Waals surface area (Å²) in [6, 6.07) is 2.45. The molecule has 1 amide bonds. The van der Waals surface area contributed by atoms with E-state index < -0.39 is 0 Å². The van der Waals surface area contributed by atoms with E-state index >= 15 is 0 Å². The maximum atomic E-state index is 12.4. The minimum absolute atomic E-state index is 0.138. The van der Waals surface area contributed by atoms with Crippen LogP contribution in [0.2, 0.25) is 0 Å². The average Bonchev–Trinajstić information content (AvgIpc) is 2.73. The Morgan fingerprint density at radius 2 is 1.95 bits per heavy atom. The van der Waals surface area contributed by atoms with Crippen molar-refractivity contribution < 1.29 is 4.79 Å². The maximum absolute atomic E-state index is 12.4. The molecule has 3 rings (SSSR count). The Hall–Kier alpha value is -0.350. The van der Waals surface area contributed by atoms with Crippen LogP contribution in [-0.4, -0.2) is 16.8 Å². The van der Waals surface area contributed by atoms with Gasteiger partial charge in [0.1, 0.15) is 0 Å². The molecule has 2 unspecified atom stereocenters. The number of carbonyl (C=O) groups is 1. The molecule has 4 heteroatoms. The van der Waals surface area contributed by atoms with Crippen LogP contribution in [0.1, 0.15) is 65.1 Å². The third-order valence-corrected chi connectivity index (χ3v) is 6.80. The van der Waals surface area contributed by atoms with Crippen molar-refractivity contribution in [2.24, 2.45) is 0 Å². The lowest BCUT2D eigenvalue weighted by molar-refractivity contribution is 0.0934. The Kier molecular flexibility index (Phi) is 4.82. The number of hydrogen-bond donors (Lipinski definition) is 1. The summed E-state index contributed by atoms with van der Waals surface area (Å²) in [5.41, 5.74) is 1.43. The van der Waals surface area contributed by atoms with Crippen molar-refractivity contribution in [3.63, 3.8) is 0 Å². The van der Waals surface area contributed by atoms with Crippen LogP contribution in [-0.2, 0) is 12.8 Å². The molecule has 0 saturated heterocycles. The van der Waals surface area contributed by atoms with Crippen molar-refractivity contribution >= 4 is 33.2 Å². The minimum Gasteiger partial charge on any atom is -0.347 e. The molecule has 110 valence electrons. The van der Waals surface area contributed by atoms with Crippen molar-refractivity contribution in [1.29, 1.82) is 0 Å². The number of alkyl halides is 1. The van der Waals surface area contributed by atoms with Crippen molar-refractivity contribution in [2.45, 2.75) is 68.7 Å². The molecule has 2 atom stereocenters. The number of halogens is 1. The van der Waals surface area contributed by atoms with Gasteiger partial charge >= 0.3 is 0 Å². The van der Waals surface area contributed by atoms with Gasteiger partial charge in [-0.3, -0.25) is 4.79 Å². The molecule has 1 N–H and O–H groups in total. The summed E-state index contributed by atoms with van der Waals surface area (Å²) in [5, 5.41) is 3.23. The minimum atomic E-state index is 0.138. The molecule has 2 nitrogen and oxygen atoms in total. The van der Waals surface area contributed by atoms with Gasteiger partial charge in [-0.15, -0.1) is 11.3 Å². The quantitative estimate of drug-likeness (QED) is 0.616. The number of fused-ring (bicyclic) bond motifs is 1. The van der Waals surface area contributed by atoms with E-state index in [1.807, 2.05) is 0 Å². The zero-order valence-corrected chi connectivity index (χ0v) is 14.2. The normalized spacial score (nSPS) is 26.6. The molecule has 0 spiro atoms. The summed E-state index contributed by atoms with van der Waals surface area (Å²) >= 11 is 5.43. The second-order valence-corrected chi connectivity index (χ2v) is 8.31. The average molecular weight is 356 g/mol. The Morgan fingerprint density at radius 1 is 1.15 bits per heavy atom. The molecule has 1 fully saturated rings. The molecule has 20 heavy (non-hydrogen) atoms. The largest absolute Gasteiger partial charge is 0.347 e. The number of thiophene rings is 1. The lowest BCUT2D eigenvalue weighted by atomic mass is 9.95. The van der Waals surface area contributed by atoms with Crippen LogP contribution >= 0.6 is 27.3 Å². The smallest absolute Gasteiger partial charge is 0.261 e. The molecular weight excluding hydrogens is 334 g/mol. The highest BCUT2D eigenvalue weighted by molar-refractivity contribution is 9.09. The van der Waals surface area contributed by atoms with Crippen molar-refractivity contribution in [1.82, 2.24) is 5.32 Å². The topological polar surface area (TPSA) is 29.1 Å². The lowest BCUT2D eigenvalue weighted by Crippen LogP contribution is -2.42. The highest BCUT2D eigenvalue weighted by Crippen LogP contribution is 2.30. The van der Waals surface area contributed by atoms with Gasteiger partial charge < -0.3 is 5.32 Å². The summed E-state index contributed by atoms with van der Waals surface area (Å²) in [6.45, 7) is 0. The van der Waals surface area contributed by atoms with Crippen LogP contribution in [0.3, 0.4) is 0 Å². The fraction of sp³-hybridized carbons (Fsp3) is 0.688. The van der Waals surface area contributed by atoms with E-state index in [0.717, 1.165) is 24.1 Å². The summed E-state index contributed by atoms with van der Waals surface area (Å²) < 4.78 is 0. The first-order valence-electron chi connectivity index (χ1n) is 7.80. The molecule has 2 aliphatic rings. The van der Waals surface area contributed by atoms with Crippen molar-refractivity contribution in [3.05, 3.63) is 21.4 Å². The van der Waals surface area contributed by atoms with Gasteiger partial charge in [-0.05, 0) is 50.2 Å². The van der Waals surface area contributed by atoms with Crippen LogP contribution in [0.25, 0.3) is 0 Å². The zero-order valence-electron chi connectivity index (χ0n) is 11.8. The lowest BCUT2D eigenvalue weighted by Gasteiger charge is -2.27. The van der Waals surface area contributed by atoms with Crippen LogP contribution in [0.15, 0.2) is 6.07 Å². The van der Waals surface area contributed by atoms with Gasteiger partial charge in [-0.25, -0.2) is 0 Å². The van der Waals surface area contributed by atoms with E-state index in [4.69, 9.17) is 0 Å². The van der Waals surface area contributed by atoms with Crippen molar-refractivity contribution in [3.8, 4) is 0 Å². The number of hydrogen-bond acceptors (Lipinski definition) is 2. The molecule has 1 aromatic heterocycles. The van der Waals surface area contributed by atoms with E-state index in [2.05, 4.69) is 27.3 Å². The summed E-state index contributed by atoms with van der Waals surface area (Å²) in [5.74, 6) is 0.138. The zero-order chi connectivity index (χ0) is 13.9. The van der Waals surface area contributed by atoms with E-state index in [1.165, 1.54) is 49.0 Å². The highest BCUT2D eigenvalue weighted by Gasteiger charge is 2.25. The van der Waals surface area contributed by atoms with Gasteiger partial charge in [0.2, 0.25) is 0 Å². The standard InChI is InChI=1S/C16H22BrNOS/c17-12-7-4-5-8-13(12)18-16(19)15-10-11-6-2-1-3-9-14(11)20-15/h10,12-13H,1-9H2,(H,18,19). The van der Waals surface area contributed by atoms with Gasteiger partial charge in [-0.1, -0.05) is 35.2 Å². The van der Waals surface area contributed by atoms with E-state index in [0.29, 0.717) is 10.9 Å². The fourth-order valence-electron chi connectivity index (χ4n) is 3.27. The van der Waals surface area contributed by atoms with Crippen molar-refractivity contribution in [2.75, 3.05) is 0 Å². The Morgan fingerprint density at radius 3 is 2.80 bits per heavy atom. The molecule has 0 aliphatic heterocycles. The maximum Gasteiger partial charge on any atom is 0.261 e. The number of amides is 1. The van der Waals surface area contributed by atoms with Crippen LogP contribution in [0, 0.1) is 0 Å². The molecule has 1 heterocycles. The van der Waals surface area contributed by atoms with Gasteiger partial charge in [0.15, 0.2) is 0 Å². The monoisotopic (exact) mass is 355 g/mol. The van der Waals surface area contributed by atoms with Gasteiger partial charge in [-0.2, -0.15) is 0 Å². The number of aryl methyl sites for hydroxylation is 2. The van der Waals surface area contributed by atoms with Crippen LogP contribution in [0.5, 0.6) is 0 Å². The van der Waals surface area contributed by atoms with E-state index in [9.17, 15) is 4.79 Å². The SMILES string of the molecule is O=C(NC1CCCCC1Br)c1cc2c(s1)CCCCC2. The molecule has 1 saturated carbocycles. The summed E-state index contributed by atoms with van der Waals surface area (Å²) in [7, 11) is 0. The third-order valence-electron chi connectivity index (χ3n) is 4.47. The van der Waals surface area contributed by atoms with Crippen LogP contribution in [0.4, 0.5) is 0 Å². The first-order chi connectivity index (χ1) is 9.74. The molecular formula is C16H22BrNOS. The number of nitrogens with one attached hydrogen (secondary N) is 1. The highest BCUT2D eigenvalue weighted by atomic mass is 79.9. The molecule has 2 aliphatic carbocycles. The Balaban J connectivity index is 1.68. The summed E-state index contributed by atoms with van der Waals surface area (Å²) in [4.78, 5) is 15.3. The predicted molar refractivity (Wildman–Crippen MR) is 88.0 cm³/mol. The molecule has 0 aromatic carbocycles. The second-order valence-electron chi connectivity index (χ2n) is 6.00. The number of rotatable bonds is 2. The third kappa shape index (κ3) is 3.28. The van der Waals surface area contributed by atoms with Gasteiger partial charge in [0.05, 0.1) is 4.88 Å². The Bertz CT molecular complexity index is 461. The predicted octanol–water partition coefficient (Wildman–Crippen LogP) is 4.45. The summed E-state index contributed by atoms with van der Waals surface area (Å²) in [6.07, 6.45) is 11.0. The van der Waals surface area contributed by atoms with Crippen LogP contribution < -0.4 is 5.32 Å². The first kappa shape index (κ1) is 14.6. The van der Waals surface area contributed by atoms with Gasteiger partial charge in [0, 0.05) is 15.7 Å². The fourth-order valence-corrected chi connectivity index (χ4v) is 5.14. The first-order valence-corrected chi connectivity index (χ1v) is 9.54. The molecule has 1 aromatic rings. The van der Waals surface area contributed by atoms with E-state index in [1.54, 1.807) is 11.3 Å². The molecule has 0 bridgehead atoms. The Labute approximate surface area is 133 Å². The van der Waals surface area contributed by atoms with Gasteiger partial charge in [0.25, 0.3) is 5.91 Å². The second kappa shape index (κ2) is 6.61. The number of carbonyl (C=O) groups excluding carboxylic acids is 1.